The summed E-state index contributed by atoms with van der Waals surface area (Å²) in [6.07, 6.45) is 8.97. The largest absolute Gasteiger partial charge is 0.137 e. The van der Waals surface area contributed by atoms with Crippen molar-refractivity contribution in [2.45, 2.75) is 27.2 Å². The van der Waals surface area contributed by atoms with Crippen LogP contribution in [0.15, 0.2) is 23.8 Å². The molecule has 0 aromatic rings. The van der Waals surface area contributed by atoms with Crippen molar-refractivity contribution in [1.82, 2.24) is 0 Å². The van der Waals surface area contributed by atoms with E-state index >= 15 is 0 Å². The second-order valence-electron chi connectivity index (χ2n) is 2.92. The first-order chi connectivity index (χ1) is 5.22. The van der Waals surface area contributed by atoms with Crippen molar-refractivity contribution in [1.29, 1.82) is 0 Å². The van der Waals surface area contributed by atoms with Crippen molar-refractivity contribution in [3.63, 3.8) is 0 Å². The van der Waals surface area contributed by atoms with Crippen LogP contribution in [0.4, 0.5) is 0 Å². The van der Waals surface area contributed by atoms with Crippen molar-refractivity contribution < 1.29 is 0 Å². The fourth-order valence-corrected chi connectivity index (χ4v) is 1.13. The standard InChI is InChI=1S/C10H19P/c1-4-10(9(2)3)7-5-6-8-11/h4-5,7,9H,6,8,11H2,1-3H3/b7-5-,10-4+. The molecule has 0 rings (SSSR count). The third kappa shape index (κ3) is 5.21. The summed E-state index contributed by atoms with van der Waals surface area (Å²) in [6.45, 7) is 6.54. The third-order valence-corrected chi connectivity index (χ3v) is 1.98. The Labute approximate surface area is 73.0 Å². The second-order valence-corrected chi connectivity index (χ2v) is 3.50. The van der Waals surface area contributed by atoms with E-state index in [0.29, 0.717) is 5.92 Å². The minimum Gasteiger partial charge on any atom is -0.137 e. The molecule has 0 saturated heterocycles. The molecule has 0 amide bonds. The number of hydrogen-bond donors (Lipinski definition) is 0. The molecule has 1 heteroatoms. The highest BCUT2D eigenvalue weighted by molar-refractivity contribution is 7.16. The lowest BCUT2D eigenvalue weighted by Gasteiger charge is -2.03. The smallest absolute Gasteiger partial charge is 0.0222 e. The van der Waals surface area contributed by atoms with Gasteiger partial charge in [-0.05, 0) is 25.4 Å². The van der Waals surface area contributed by atoms with E-state index in [0.717, 1.165) is 12.6 Å². The van der Waals surface area contributed by atoms with Crippen LogP contribution in [-0.4, -0.2) is 6.16 Å². The van der Waals surface area contributed by atoms with E-state index in [1.807, 2.05) is 0 Å². The molecule has 0 aliphatic heterocycles. The predicted molar refractivity (Wildman–Crippen MR) is 56.9 cm³/mol. The Kier molecular flexibility index (Phi) is 6.56. The van der Waals surface area contributed by atoms with E-state index in [4.69, 9.17) is 0 Å². The molecule has 0 nitrogen and oxygen atoms in total. The SMILES string of the molecule is C/C=C(\C=C/CCP)C(C)C. The first-order valence-corrected chi connectivity index (χ1v) is 5.06. The monoisotopic (exact) mass is 170 g/mol. The molecule has 0 bridgehead atoms. The molecule has 0 heterocycles. The highest BCUT2D eigenvalue weighted by Gasteiger charge is 1.95. The third-order valence-electron chi connectivity index (χ3n) is 1.64. The molecule has 1 atom stereocenters. The molecule has 0 N–H and O–H groups in total. The van der Waals surface area contributed by atoms with E-state index in [-0.39, 0.29) is 0 Å². The van der Waals surface area contributed by atoms with Gasteiger partial charge in [0.2, 0.25) is 0 Å². The Balaban J connectivity index is 3.89. The maximum absolute atomic E-state index is 2.73. The summed E-state index contributed by atoms with van der Waals surface area (Å²) >= 11 is 0. The summed E-state index contributed by atoms with van der Waals surface area (Å²) in [4.78, 5) is 0. The number of hydrogen-bond acceptors (Lipinski definition) is 0. The Morgan fingerprint density at radius 1 is 1.45 bits per heavy atom. The van der Waals surface area contributed by atoms with Gasteiger partial charge in [-0.1, -0.05) is 37.6 Å². The van der Waals surface area contributed by atoms with Gasteiger partial charge in [-0.15, -0.1) is 9.24 Å². The molecule has 0 aromatic heterocycles. The molecular formula is C10H19P. The molecule has 0 aliphatic rings. The molecule has 0 aromatic carbocycles. The van der Waals surface area contributed by atoms with Crippen LogP contribution in [0.5, 0.6) is 0 Å². The van der Waals surface area contributed by atoms with Gasteiger partial charge in [-0.25, -0.2) is 0 Å². The summed E-state index contributed by atoms with van der Waals surface area (Å²) in [5.41, 5.74) is 1.43. The van der Waals surface area contributed by atoms with Gasteiger partial charge in [-0.2, -0.15) is 0 Å². The van der Waals surface area contributed by atoms with Gasteiger partial charge in [0.05, 0.1) is 0 Å². The van der Waals surface area contributed by atoms with Gasteiger partial charge < -0.3 is 0 Å². The second kappa shape index (κ2) is 6.61. The van der Waals surface area contributed by atoms with E-state index in [1.165, 1.54) is 5.57 Å². The number of allylic oxidation sites excluding steroid dienone is 4. The van der Waals surface area contributed by atoms with Crippen LogP contribution in [0.2, 0.25) is 0 Å². The molecule has 11 heavy (non-hydrogen) atoms. The Hall–Kier alpha value is -0.0900. The molecular weight excluding hydrogens is 151 g/mol. The summed E-state index contributed by atoms with van der Waals surface area (Å²) < 4.78 is 0. The van der Waals surface area contributed by atoms with Crippen molar-refractivity contribution >= 4 is 9.24 Å². The fourth-order valence-electron chi connectivity index (χ4n) is 0.938. The van der Waals surface area contributed by atoms with Crippen molar-refractivity contribution in [3.05, 3.63) is 23.8 Å². The van der Waals surface area contributed by atoms with E-state index in [2.05, 4.69) is 48.2 Å². The first-order valence-electron chi connectivity index (χ1n) is 4.25. The normalized spacial score (nSPS) is 13.4. The number of rotatable bonds is 4. The molecule has 64 valence electrons. The molecule has 0 saturated carbocycles. The average molecular weight is 170 g/mol. The van der Waals surface area contributed by atoms with Gasteiger partial charge in [0.25, 0.3) is 0 Å². The van der Waals surface area contributed by atoms with Gasteiger partial charge in [0.15, 0.2) is 0 Å². The fraction of sp³-hybridized carbons (Fsp3) is 0.600. The Morgan fingerprint density at radius 3 is 2.45 bits per heavy atom. The maximum Gasteiger partial charge on any atom is -0.0222 e. The highest BCUT2D eigenvalue weighted by atomic mass is 31.0. The minimum atomic E-state index is 0.653. The van der Waals surface area contributed by atoms with Gasteiger partial charge >= 0.3 is 0 Å². The van der Waals surface area contributed by atoms with Gasteiger partial charge in [-0.3, -0.25) is 0 Å². The van der Waals surface area contributed by atoms with Crippen LogP contribution >= 0.6 is 9.24 Å². The molecule has 0 spiro atoms. The zero-order valence-electron chi connectivity index (χ0n) is 7.80. The summed E-state index contributed by atoms with van der Waals surface area (Å²) in [7, 11) is 2.73. The molecule has 0 fully saturated rings. The van der Waals surface area contributed by atoms with E-state index in [1.54, 1.807) is 0 Å². The predicted octanol–water partition coefficient (Wildman–Crippen LogP) is 3.41. The van der Waals surface area contributed by atoms with Crippen LogP contribution < -0.4 is 0 Å². The van der Waals surface area contributed by atoms with Crippen LogP contribution in [0, 0.1) is 5.92 Å². The molecule has 0 radical (unpaired) electrons. The first kappa shape index (κ1) is 10.9. The molecule has 1 unspecified atom stereocenters. The lowest BCUT2D eigenvalue weighted by atomic mass is 10.0. The quantitative estimate of drug-likeness (QED) is 0.448. The zero-order chi connectivity index (χ0) is 8.69. The summed E-state index contributed by atoms with van der Waals surface area (Å²) in [6, 6.07) is 0. The zero-order valence-corrected chi connectivity index (χ0v) is 8.96. The highest BCUT2D eigenvalue weighted by Crippen LogP contribution is 2.10. The Morgan fingerprint density at radius 2 is 2.09 bits per heavy atom. The van der Waals surface area contributed by atoms with Crippen LogP contribution in [0.25, 0.3) is 0 Å². The van der Waals surface area contributed by atoms with E-state index < -0.39 is 0 Å². The molecule has 0 aliphatic carbocycles. The minimum absolute atomic E-state index is 0.653. The van der Waals surface area contributed by atoms with Crippen molar-refractivity contribution in [2.24, 2.45) is 5.92 Å². The lowest BCUT2D eigenvalue weighted by molar-refractivity contribution is 0.788. The average Bonchev–Trinajstić information content (AvgIpc) is 1.97. The van der Waals surface area contributed by atoms with E-state index in [9.17, 15) is 0 Å². The van der Waals surface area contributed by atoms with Gasteiger partial charge in [0.1, 0.15) is 0 Å². The van der Waals surface area contributed by atoms with Crippen LogP contribution in [-0.2, 0) is 0 Å². The maximum atomic E-state index is 2.73. The Bertz CT molecular complexity index is 143. The van der Waals surface area contributed by atoms with Crippen LogP contribution in [0.3, 0.4) is 0 Å². The summed E-state index contributed by atoms with van der Waals surface area (Å²) in [5.74, 6) is 0.653. The lowest BCUT2D eigenvalue weighted by Crippen LogP contribution is -1.89. The van der Waals surface area contributed by atoms with Crippen LogP contribution in [0.1, 0.15) is 27.2 Å². The summed E-state index contributed by atoms with van der Waals surface area (Å²) in [5, 5.41) is 0. The van der Waals surface area contributed by atoms with Gasteiger partial charge in [0, 0.05) is 0 Å². The van der Waals surface area contributed by atoms with Crippen molar-refractivity contribution in [2.75, 3.05) is 6.16 Å². The topological polar surface area (TPSA) is 0 Å². The van der Waals surface area contributed by atoms with Crippen molar-refractivity contribution in [3.8, 4) is 0 Å².